The van der Waals surface area contributed by atoms with Crippen molar-refractivity contribution < 1.29 is 13.2 Å². The van der Waals surface area contributed by atoms with Crippen LogP contribution >= 0.6 is 11.3 Å². The van der Waals surface area contributed by atoms with E-state index in [4.69, 9.17) is 0 Å². The lowest BCUT2D eigenvalue weighted by atomic mass is 10.1. The van der Waals surface area contributed by atoms with Gasteiger partial charge in [0.15, 0.2) is 5.96 Å². The molecule has 2 rings (SSSR count). The average Bonchev–Trinajstić information content (AvgIpc) is 2.96. The molecule has 0 atom stereocenters. The summed E-state index contributed by atoms with van der Waals surface area (Å²) in [5.41, 5.74) is 0.209. The van der Waals surface area contributed by atoms with E-state index in [1.807, 2.05) is 13.1 Å². The van der Waals surface area contributed by atoms with Gasteiger partial charge >= 0.3 is 6.18 Å². The molecule has 8 heteroatoms. The molecule has 1 heterocycles. The SMILES string of the molecule is CN=C(NCCc1ccc(C(F)(F)F)cc1)NCc1cnc(C)s1. The first-order valence-corrected chi connectivity index (χ1v) is 8.22. The fourth-order valence-corrected chi connectivity index (χ4v) is 2.80. The van der Waals surface area contributed by atoms with Gasteiger partial charge in [-0.1, -0.05) is 12.1 Å². The number of aliphatic imine (C=N–C) groups is 1. The molecule has 4 nitrogen and oxygen atoms in total. The van der Waals surface area contributed by atoms with Crippen molar-refractivity contribution >= 4 is 17.3 Å². The minimum atomic E-state index is -4.29. The number of nitrogens with zero attached hydrogens (tertiary/aromatic N) is 2. The molecule has 0 aliphatic carbocycles. The molecule has 130 valence electrons. The first-order valence-electron chi connectivity index (χ1n) is 7.40. The molecule has 0 spiro atoms. The maximum atomic E-state index is 12.5. The summed E-state index contributed by atoms with van der Waals surface area (Å²) in [6.45, 7) is 3.16. The smallest absolute Gasteiger partial charge is 0.356 e. The summed E-state index contributed by atoms with van der Waals surface area (Å²) in [6.07, 6.45) is -1.86. The van der Waals surface area contributed by atoms with Gasteiger partial charge in [0.25, 0.3) is 0 Å². The Morgan fingerprint density at radius 1 is 1.21 bits per heavy atom. The van der Waals surface area contributed by atoms with Gasteiger partial charge in [0.1, 0.15) is 0 Å². The van der Waals surface area contributed by atoms with E-state index in [0.29, 0.717) is 25.5 Å². The maximum Gasteiger partial charge on any atom is 0.416 e. The predicted molar refractivity (Wildman–Crippen MR) is 90.2 cm³/mol. The van der Waals surface area contributed by atoms with Crippen LogP contribution in [0.1, 0.15) is 21.0 Å². The minimum Gasteiger partial charge on any atom is -0.356 e. The van der Waals surface area contributed by atoms with Crippen LogP contribution in [0.25, 0.3) is 0 Å². The normalized spacial score (nSPS) is 12.3. The Morgan fingerprint density at radius 2 is 1.92 bits per heavy atom. The van der Waals surface area contributed by atoms with Crippen LogP contribution in [0.5, 0.6) is 0 Å². The number of rotatable bonds is 5. The Labute approximate surface area is 142 Å². The quantitative estimate of drug-likeness (QED) is 0.638. The van der Waals surface area contributed by atoms with E-state index in [-0.39, 0.29) is 0 Å². The monoisotopic (exact) mass is 356 g/mol. The largest absolute Gasteiger partial charge is 0.416 e. The molecule has 0 bridgehead atoms. The number of alkyl halides is 3. The van der Waals surface area contributed by atoms with Gasteiger partial charge in [0.2, 0.25) is 0 Å². The highest BCUT2D eigenvalue weighted by Crippen LogP contribution is 2.29. The second-order valence-electron chi connectivity index (χ2n) is 5.14. The molecule has 0 aliphatic heterocycles. The molecule has 24 heavy (non-hydrogen) atoms. The summed E-state index contributed by atoms with van der Waals surface area (Å²) in [7, 11) is 1.67. The third-order valence-electron chi connectivity index (χ3n) is 3.31. The third kappa shape index (κ3) is 5.52. The standard InChI is InChI=1S/C16H19F3N4S/c1-11-22-9-14(24-11)10-23-15(20-2)21-8-7-12-3-5-13(6-4-12)16(17,18)19/h3-6,9H,7-8,10H2,1-2H3,(H2,20,21,23). The van der Waals surface area contributed by atoms with Crippen LogP contribution < -0.4 is 10.6 Å². The Kier molecular flexibility index (Phi) is 6.19. The highest BCUT2D eigenvalue weighted by molar-refractivity contribution is 7.11. The van der Waals surface area contributed by atoms with Crippen molar-refractivity contribution in [2.45, 2.75) is 26.1 Å². The van der Waals surface area contributed by atoms with Crippen LogP contribution in [0.2, 0.25) is 0 Å². The second-order valence-corrected chi connectivity index (χ2v) is 6.46. The molecule has 0 aliphatic rings. The van der Waals surface area contributed by atoms with Gasteiger partial charge in [-0.05, 0) is 31.0 Å². The fourth-order valence-electron chi connectivity index (χ4n) is 2.06. The number of halogens is 3. The maximum absolute atomic E-state index is 12.5. The van der Waals surface area contributed by atoms with Gasteiger partial charge in [-0.15, -0.1) is 11.3 Å². The zero-order valence-corrected chi connectivity index (χ0v) is 14.3. The summed E-state index contributed by atoms with van der Waals surface area (Å²) in [6, 6.07) is 5.21. The molecule has 2 aromatic rings. The lowest BCUT2D eigenvalue weighted by Crippen LogP contribution is -2.37. The molecule has 2 N–H and O–H groups in total. The van der Waals surface area contributed by atoms with Crippen molar-refractivity contribution in [2.75, 3.05) is 13.6 Å². The number of nitrogens with one attached hydrogen (secondary N) is 2. The van der Waals surface area contributed by atoms with Crippen LogP contribution in [0.15, 0.2) is 35.5 Å². The molecular formula is C16H19F3N4S. The van der Waals surface area contributed by atoms with E-state index in [0.717, 1.165) is 27.6 Å². The molecule has 0 radical (unpaired) electrons. The van der Waals surface area contributed by atoms with Gasteiger partial charge in [-0.2, -0.15) is 13.2 Å². The average molecular weight is 356 g/mol. The molecule has 0 saturated carbocycles. The highest BCUT2D eigenvalue weighted by atomic mass is 32.1. The van der Waals surface area contributed by atoms with E-state index in [9.17, 15) is 13.2 Å². The Hall–Kier alpha value is -2.09. The van der Waals surface area contributed by atoms with Crippen molar-refractivity contribution in [3.63, 3.8) is 0 Å². The van der Waals surface area contributed by atoms with Crippen molar-refractivity contribution in [2.24, 2.45) is 4.99 Å². The zero-order chi connectivity index (χ0) is 17.6. The predicted octanol–water partition coefficient (Wildman–Crippen LogP) is 3.38. The fraction of sp³-hybridized carbons (Fsp3) is 0.375. The summed E-state index contributed by atoms with van der Waals surface area (Å²) >= 11 is 1.62. The molecule has 1 aromatic heterocycles. The molecule has 0 unspecified atom stereocenters. The molecule has 0 amide bonds. The van der Waals surface area contributed by atoms with E-state index in [1.165, 1.54) is 12.1 Å². The van der Waals surface area contributed by atoms with Crippen LogP contribution in [-0.2, 0) is 19.1 Å². The van der Waals surface area contributed by atoms with Crippen LogP contribution in [0, 0.1) is 6.92 Å². The van der Waals surface area contributed by atoms with Gasteiger partial charge in [-0.3, -0.25) is 4.99 Å². The zero-order valence-electron chi connectivity index (χ0n) is 13.4. The second kappa shape index (κ2) is 8.14. The molecule has 0 fully saturated rings. The number of thiazole rings is 1. The topological polar surface area (TPSA) is 49.3 Å². The number of aromatic nitrogens is 1. The van der Waals surface area contributed by atoms with Gasteiger partial charge in [0, 0.05) is 24.7 Å². The van der Waals surface area contributed by atoms with Gasteiger partial charge < -0.3 is 10.6 Å². The Bertz CT molecular complexity index is 677. The van der Waals surface area contributed by atoms with Crippen LogP contribution in [0.4, 0.5) is 13.2 Å². The lowest BCUT2D eigenvalue weighted by Gasteiger charge is -2.11. The van der Waals surface area contributed by atoms with Crippen molar-refractivity contribution in [1.82, 2.24) is 15.6 Å². The van der Waals surface area contributed by atoms with E-state index >= 15 is 0 Å². The highest BCUT2D eigenvalue weighted by Gasteiger charge is 2.29. The molecular weight excluding hydrogens is 337 g/mol. The summed E-state index contributed by atoms with van der Waals surface area (Å²) in [4.78, 5) is 9.41. The Balaban J connectivity index is 1.77. The number of hydrogen-bond acceptors (Lipinski definition) is 3. The summed E-state index contributed by atoms with van der Waals surface area (Å²) < 4.78 is 37.5. The van der Waals surface area contributed by atoms with Gasteiger partial charge in [-0.25, -0.2) is 4.98 Å². The van der Waals surface area contributed by atoms with Crippen molar-refractivity contribution in [3.8, 4) is 0 Å². The number of guanidine groups is 1. The number of benzene rings is 1. The Morgan fingerprint density at radius 3 is 2.46 bits per heavy atom. The van der Waals surface area contributed by atoms with E-state index < -0.39 is 11.7 Å². The van der Waals surface area contributed by atoms with Crippen LogP contribution in [-0.4, -0.2) is 24.5 Å². The third-order valence-corrected chi connectivity index (χ3v) is 4.22. The first kappa shape index (κ1) is 18.3. The van der Waals surface area contributed by atoms with Gasteiger partial charge in [0.05, 0.1) is 17.1 Å². The van der Waals surface area contributed by atoms with Crippen molar-refractivity contribution in [3.05, 3.63) is 51.5 Å². The molecule has 0 saturated heterocycles. The lowest BCUT2D eigenvalue weighted by molar-refractivity contribution is -0.137. The molecule has 1 aromatic carbocycles. The minimum absolute atomic E-state index is 0.576. The summed E-state index contributed by atoms with van der Waals surface area (Å²) in [5.74, 6) is 0.646. The van der Waals surface area contributed by atoms with E-state index in [1.54, 1.807) is 18.4 Å². The number of hydrogen-bond donors (Lipinski definition) is 2. The first-order chi connectivity index (χ1) is 11.4. The van der Waals surface area contributed by atoms with Crippen molar-refractivity contribution in [1.29, 1.82) is 0 Å². The number of aryl methyl sites for hydroxylation is 1. The van der Waals surface area contributed by atoms with E-state index in [2.05, 4.69) is 20.6 Å². The summed E-state index contributed by atoms with van der Waals surface area (Å²) in [5, 5.41) is 7.33. The van der Waals surface area contributed by atoms with Crippen LogP contribution in [0.3, 0.4) is 0 Å².